The van der Waals surface area contributed by atoms with Crippen LogP contribution in [0.1, 0.15) is 65.0 Å². The Morgan fingerprint density at radius 2 is 1.95 bits per heavy atom. The highest BCUT2D eigenvalue weighted by Gasteiger charge is 2.12. The van der Waals surface area contributed by atoms with Gasteiger partial charge in [-0.25, -0.2) is 0 Å². The Balaban J connectivity index is 2.79. The molecule has 0 bridgehead atoms. The van der Waals surface area contributed by atoms with E-state index in [2.05, 4.69) is 20.8 Å². The summed E-state index contributed by atoms with van der Waals surface area (Å²) in [6.45, 7) is 7.92. The molecular weight excluding hydrogens is 250 g/mol. The molecule has 0 aliphatic heterocycles. The van der Waals surface area contributed by atoms with Gasteiger partial charge in [0.2, 0.25) is 0 Å². The molecule has 3 nitrogen and oxygen atoms in total. The van der Waals surface area contributed by atoms with Gasteiger partial charge in [0, 0.05) is 24.2 Å². The number of nitrogens with zero attached hydrogens (tertiary/aromatic N) is 1. The molecule has 0 aliphatic rings. The molecule has 20 heavy (non-hydrogen) atoms. The topological polar surface area (TPSA) is 39.1 Å². The third-order valence-corrected chi connectivity index (χ3v) is 3.93. The summed E-state index contributed by atoms with van der Waals surface area (Å²) in [7, 11) is 0. The molecule has 3 heteroatoms. The van der Waals surface area contributed by atoms with Crippen LogP contribution in [0.2, 0.25) is 0 Å². The van der Waals surface area contributed by atoms with Crippen LogP contribution in [-0.2, 0) is 11.2 Å². The first kappa shape index (κ1) is 16.7. The summed E-state index contributed by atoms with van der Waals surface area (Å²) >= 11 is 0. The molecule has 1 rings (SSSR count). The van der Waals surface area contributed by atoms with Gasteiger partial charge in [-0.3, -0.25) is 4.79 Å². The maximum Gasteiger partial charge on any atom is 0.253 e. The summed E-state index contributed by atoms with van der Waals surface area (Å²) in [4.78, 5) is 23.5. The van der Waals surface area contributed by atoms with Crippen LogP contribution in [0.4, 0.5) is 0 Å². The summed E-state index contributed by atoms with van der Waals surface area (Å²) in [5, 5.41) is 0. The summed E-state index contributed by atoms with van der Waals surface area (Å²) < 4.78 is 1.87. The number of aromatic nitrogens is 1. The third-order valence-electron chi connectivity index (χ3n) is 3.93. The van der Waals surface area contributed by atoms with Gasteiger partial charge in [-0.05, 0) is 44.6 Å². The maximum absolute atomic E-state index is 12.5. The van der Waals surface area contributed by atoms with E-state index in [0.717, 1.165) is 31.2 Å². The fourth-order valence-electron chi connectivity index (χ4n) is 2.71. The van der Waals surface area contributed by atoms with Crippen LogP contribution >= 0.6 is 0 Å². The van der Waals surface area contributed by atoms with E-state index >= 15 is 0 Å². The molecule has 0 aromatic carbocycles. The van der Waals surface area contributed by atoms with Crippen molar-refractivity contribution in [3.63, 3.8) is 0 Å². The quantitative estimate of drug-likeness (QED) is 0.725. The molecule has 0 saturated carbocycles. The lowest BCUT2D eigenvalue weighted by molar-refractivity contribution is -0.117. The molecule has 0 amide bonds. The lowest BCUT2D eigenvalue weighted by Crippen LogP contribution is -2.26. The van der Waals surface area contributed by atoms with E-state index in [4.69, 9.17) is 0 Å². The van der Waals surface area contributed by atoms with E-state index in [1.807, 2.05) is 22.9 Å². The van der Waals surface area contributed by atoms with E-state index in [1.54, 1.807) is 6.92 Å². The first-order valence-electron chi connectivity index (χ1n) is 7.69. The van der Waals surface area contributed by atoms with E-state index in [9.17, 15) is 9.59 Å². The first-order chi connectivity index (χ1) is 9.49. The highest BCUT2D eigenvalue weighted by Crippen LogP contribution is 2.15. The smallest absolute Gasteiger partial charge is 0.253 e. The van der Waals surface area contributed by atoms with Crippen molar-refractivity contribution in [3.8, 4) is 0 Å². The predicted molar refractivity (Wildman–Crippen MR) is 83.1 cm³/mol. The number of carbonyl (C=O) groups is 1. The van der Waals surface area contributed by atoms with E-state index in [1.165, 1.54) is 0 Å². The van der Waals surface area contributed by atoms with Gasteiger partial charge >= 0.3 is 0 Å². The largest absolute Gasteiger partial charge is 0.312 e. The first-order valence-corrected chi connectivity index (χ1v) is 7.69. The van der Waals surface area contributed by atoms with Crippen LogP contribution in [0.3, 0.4) is 0 Å². The molecule has 1 aromatic heterocycles. The number of hydrogen-bond donors (Lipinski definition) is 0. The monoisotopic (exact) mass is 277 g/mol. The molecule has 1 heterocycles. The van der Waals surface area contributed by atoms with Crippen molar-refractivity contribution in [2.75, 3.05) is 0 Å². The second-order valence-electron chi connectivity index (χ2n) is 5.77. The Hall–Kier alpha value is -1.38. The summed E-state index contributed by atoms with van der Waals surface area (Å²) in [6, 6.07) is 4.17. The highest BCUT2D eigenvalue weighted by atomic mass is 16.1. The van der Waals surface area contributed by atoms with Crippen LogP contribution in [0.25, 0.3) is 0 Å². The zero-order chi connectivity index (χ0) is 15.1. The minimum Gasteiger partial charge on any atom is -0.312 e. The molecule has 0 radical (unpaired) electrons. The van der Waals surface area contributed by atoms with Gasteiger partial charge in [-0.2, -0.15) is 0 Å². The van der Waals surface area contributed by atoms with Gasteiger partial charge in [-0.15, -0.1) is 0 Å². The van der Waals surface area contributed by atoms with Crippen molar-refractivity contribution in [2.45, 2.75) is 65.8 Å². The van der Waals surface area contributed by atoms with Crippen molar-refractivity contribution in [1.82, 2.24) is 4.57 Å². The predicted octanol–water partition coefficient (Wildman–Crippen LogP) is 3.76. The number of pyridine rings is 1. The second kappa shape index (κ2) is 8.03. The molecule has 0 aliphatic carbocycles. The number of ketones is 1. The third kappa shape index (κ3) is 4.62. The average Bonchev–Trinajstić information content (AvgIpc) is 2.39. The van der Waals surface area contributed by atoms with Gasteiger partial charge in [0.15, 0.2) is 0 Å². The zero-order valence-electron chi connectivity index (χ0n) is 13.2. The Kier molecular flexibility index (Phi) is 6.69. The number of hydrogen-bond acceptors (Lipinski definition) is 2. The van der Waals surface area contributed by atoms with Gasteiger partial charge < -0.3 is 9.36 Å². The van der Waals surface area contributed by atoms with Crippen LogP contribution in [0, 0.1) is 5.92 Å². The van der Waals surface area contributed by atoms with Crippen LogP contribution in [-0.4, -0.2) is 10.4 Å². The van der Waals surface area contributed by atoms with Crippen molar-refractivity contribution in [1.29, 1.82) is 0 Å². The Bertz CT molecular complexity index is 486. The summed E-state index contributed by atoms with van der Waals surface area (Å²) in [6.07, 6.45) is 6.09. The maximum atomic E-state index is 12.5. The van der Waals surface area contributed by atoms with Crippen LogP contribution in [0.15, 0.2) is 23.1 Å². The molecule has 1 atom stereocenters. The summed E-state index contributed by atoms with van der Waals surface area (Å²) in [5.74, 6) is 0.564. The van der Waals surface area contributed by atoms with Gasteiger partial charge in [-0.1, -0.05) is 26.8 Å². The van der Waals surface area contributed by atoms with Gasteiger partial charge in [0.25, 0.3) is 5.56 Å². The number of carbonyl (C=O) groups excluding carboxylic acids is 1. The van der Waals surface area contributed by atoms with Crippen molar-refractivity contribution < 1.29 is 4.79 Å². The standard InChI is InChI=1S/C17H27NO2/c1-5-16(6-2)18-11-7-8-15(17(18)20)10-9-13(3)12-14(4)19/h7-8,11,13,16H,5-6,9-10,12H2,1-4H3. The number of rotatable bonds is 8. The zero-order valence-corrected chi connectivity index (χ0v) is 13.2. The van der Waals surface area contributed by atoms with Gasteiger partial charge in [0.1, 0.15) is 5.78 Å². The Morgan fingerprint density at radius 1 is 1.30 bits per heavy atom. The van der Waals surface area contributed by atoms with Crippen molar-refractivity contribution in [3.05, 3.63) is 34.2 Å². The molecule has 1 aromatic rings. The van der Waals surface area contributed by atoms with Gasteiger partial charge in [0.05, 0.1) is 0 Å². The second-order valence-corrected chi connectivity index (χ2v) is 5.77. The average molecular weight is 277 g/mol. The number of Topliss-reactive ketones (excluding diaryl/α,β-unsaturated/α-hetero) is 1. The molecule has 0 N–H and O–H groups in total. The van der Waals surface area contributed by atoms with E-state index < -0.39 is 0 Å². The number of aryl methyl sites for hydroxylation is 1. The van der Waals surface area contributed by atoms with Crippen molar-refractivity contribution in [2.24, 2.45) is 5.92 Å². The van der Waals surface area contributed by atoms with Crippen molar-refractivity contribution >= 4 is 5.78 Å². The lowest BCUT2D eigenvalue weighted by Gasteiger charge is -2.17. The highest BCUT2D eigenvalue weighted by molar-refractivity contribution is 5.75. The SMILES string of the molecule is CCC(CC)n1cccc(CCC(C)CC(C)=O)c1=O. The normalized spacial score (nSPS) is 12.7. The molecule has 112 valence electrons. The minimum atomic E-state index is 0.135. The fraction of sp³-hybridized carbons (Fsp3) is 0.647. The Labute approximate surface area is 122 Å². The van der Waals surface area contributed by atoms with Crippen LogP contribution < -0.4 is 5.56 Å². The lowest BCUT2D eigenvalue weighted by atomic mass is 9.97. The molecule has 0 fully saturated rings. The molecular formula is C17H27NO2. The molecule has 0 saturated heterocycles. The summed E-state index contributed by atoms with van der Waals surface area (Å²) in [5.41, 5.74) is 1.01. The van der Waals surface area contributed by atoms with Crippen LogP contribution in [0.5, 0.6) is 0 Å². The minimum absolute atomic E-state index is 0.135. The molecule has 0 spiro atoms. The van der Waals surface area contributed by atoms with E-state index in [-0.39, 0.29) is 17.4 Å². The Morgan fingerprint density at radius 3 is 2.50 bits per heavy atom. The molecule has 1 unspecified atom stereocenters. The van der Waals surface area contributed by atoms with E-state index in [0.29, 0.717) is 12.3 Å². The fourth-order valence-corrected chi connectivity index (χ4v) is 2.71.